The Morgan fingerprint density at radius 2 is 1.57 bits per heavy atom. The van der Waals surface area contributed by atoms with Crippen molar-refractivity contribution in [2.75, 3.05) is 5.32 Å². The van der Waals surface area contributed by atoms with E-state index in [2.05, 4.69) is 21.2 Å². The van der Waals surface area contributed by atoms with E-state index in [4.69, 9.17) is 0 Å². The molecule has 3 rings (SSSR count). The lowest BCUT2D eigenvalue weighted by molar-refractivity contribution is 1.32. The molecule has 0 aliphatic rings. The van der Waals surface area contributed by atoms with E-state index in [0.717, 1.165) is 32.4 Å². The van der Waals surface area contributed by atoms with E-state index in [9.17, 15) is 9.59 Å². The molecule has 0 unspecified atom stereocenters. The average Bonchev–Trinajstić information content (AvgIpc) is 2.53. The summed E-state index contributed by atoms with van der Waals surface area (Å²) in [5.41, 5.74) is 4.85. The molecule has 3 nitrogen and oxygen atoms in total. The number of halogens is 1. The van der Waals surface area contributed by atoms with Gasteiger partial charge in [-0.1, -0.05) is 34.1 Å². The number of hydrogen-bond acceptors (Lipinski definition) is 3. The number of anilines is 2. The lowest BCUT2D eigenvalue weighted by atomic mass is 9.95. The molecule has 0 saturated carbocycles. The van der Waals surface area contributed by atoms with Crippen molar-refractivity contribution in [3.05, 3.63) is 78.0 Å². The van der Waals surface area contributed by atoms with Gasteiger partial charge in [0, 0.05) is 10.2 Å². The van der Waals surface area contributed by atoms with Gasteiger partial charge in [-0.25, -0.2) is 0 Å². The maximum atomic E-state index is 12.0. The minimum atomic E-state index is -0.459. The Bertz CT molecular complexity index is 982. The van der Waals surface area contributed by atoms with E-state index < -0.39 is 10.9 Å². The van der Waals surface area contributed by atoms with Gasteiger partial charge in [-0.2, -0.15) is 0 Å². The number of aryl methyl sites for hydroxylation is 3. The normalized spacial score (nSPS) is 11.0. The predicted octanol–water partition coefficient (Wildman–Crippen LogP) is 4.38. The Morgan fingerprint density at radius 1 is 0.826 bits per heavy atom. The van der Waals surface area contributed by atoms with E-state index >= 15 is 0 Å². The number of rotatable bonds is 3. The highest BCUT2D eigenvalue weighted by molar-refractivity contribution is 9.10. The van der Waals surface area contributed by atoms with Crippen LogP contribution in [0.15, 0.2) is 50.5 Å². The fourth-order valence-corrected chi connectivity index (χ4v) is 2.80. The lowest BCUT2D eigenvalue weighted by Crippen LogP contribution is -2.35. The van der Waals surface area contributed by atoms with E-state index in [1.54, 1.807) is 0 Å². The summed E-state index contributed by atoms with van der Waals surface area (Å²) in [6.07, 6.45) is 0. The maximum Gasteiger partial charge on any atom is 0.250 e. The van der Waals surface area contributed by atoms with Crippen LogP contribution >= 0.6 is 15.9 Å². The van der Waals surface area contributed by atoms with Crippen LogP contribution in [0.3, 0.4) is 0 Å². The van der Waals surface area contributed by atoms with Crippen molar-refractivity contribution >= 4 is 27.3 Å². The van der Waals surface area contributed by atoms with Crippen molar-refractivity contribution in [2.45, 2.75) is 20.8 Å². The molecule has 3 aromatic rings. The molecule has 0 amide bonds. The summed E-state index contributed by atoms with van der Waals surface area (Å²) in [5, 5.41) is 3.10. The van der Waals surface area contributed by atoms with Gasteiger partial charge in [-0.3, -0.25) is 9.59 Å². The Labute approximate surface area is 142 Å². The fourth-order valence-electron chi connectivity index (χ4n) is 2.55. The van der Waals surface area contributed by atoms with Crippen LogP contribution in [0, 0.1) is 20.8 Å². The third-order valence-corrected chi connectivity index (χ3v) is 5.02. The first kappa shape index (κ1) is 15.7. The largest absolute Gasteiger partial charge is 0.352 e. The van der Waals surface area contributed by atoms with Gasteiger partial charge >= 0.3 is 0 Å². The van der Waals surface area contributed by atoms with E-state index in [0.29, 0.717) is 11.3 Å². The Balaban J connectivity index is 2.03. The van der Waals surface area contributed by atoms with Gasteiger partial charge in [0.2, 0.25) is 5.43 Å². The zero-order valence-corrected chi connectivity index (χ0v) is 14.7. The summed E-state index contributed by atoms with van der Waals surface area (Å²) in [5.74, 6) is 0. The second-order valence-electron chi connectivity index (χ2n) is 5.80. The Hall–Kier alpha value is -2.20. The molecule has 4 heteroatoms. The van der Waals surface area contributed by atoms with Crippen molar-refractivity contribution in [3.63, 3.8) is 0 Å². The van der Waals surface area contributed by atoms with Crippen LogP contribution in [-0.2, 0) is 0 Å². The summed E-state index contributed by atoms with van der Waals surface area (Å²) < 4.78 is 1.00. The first-order valence-corrected chi connectivity index (χ1v) is 8.12. The molecular weight excluding hydrogens is 354 g/mol. The first-order valence-electron chi connectivity index (χ1n) is 7.32. The van der Waals surface area contributed by atoms with E-state index in [1.807, 2.05) is 57.2 Å². The molecule has 0 heterocycles. The van der Waals surface area contributed by atoms with E-state index in [-0.39, 0.29) is 0 Å². The maximum absolute atomic E-state index is 12.0. The Morgan fingerprint density at radius 3 is 2.22 bits per heavy atom. The molecule has 0 atom stereocenters. The summed E-state index contributed by atoms with van der Waals surface area (Å²) in [4.78, 5) is 24.0. The molecule has 0 aliphatic carbocycles. The van der Waals surface area contributed by atoms with Crippen molar-refractivity contribution < 1.29 is 0 Å². The molecule has 1 N–H and O–H groups in total. The summed E-state index contributed by atoms with van der Waals surface area (Å²) in [6.45, 7) is 5.99. The SMILES string of the molecule is Cc1ccc(-c2c(Nc3ccc(Br)c(C)c3)c(=O)c2=O)cc1C. The van der Waals surface area contributed by atoms with Gasteiger partial charge in [-0.05, 0) is 61.2 Å². The molecule has 0 saturated heterocycles. The summed E-state index contributed by atoms with van der Waals surface area (Å²) in [6, 6.07) is 11.5. The van der Waals surface area contributed by atoms with Crippen molar-refractivity contribution in [1.82, 2.24) is 0 Å². The van der Waals surface area contributed by atoms with Crippen LogP contribution in [0.2, 0.25) is 0 Å². The molecule has 0 fully saturated rings. The molecule has 116 valence electrons. The number of hydrogen-bond donors (Lipinski definition) is 1. The predicted molar refractivity (Wildman–Crippen MR) is 98.4 cm³/mol. The van der Waals surface area contributed by atoms with Gasteiger partial charge in [-0.15, -0.1) is 0 Å². The van der Waals surface area contributed by atoms with Crippen molar-refractivity contribution in [1.29, 1.82) is 0 Å². The third-order valence-electron chi connectivity index (χ3n) is 4.13. The zero-order valence-electron chi connectivity index (χ0n) is 13.2. The van der Waals surface area contributed by atoms with Gasteiger partial charge in [0.15, 0.2) is 0 Å². The first-order chi connectivity index (χ1) is 10.9. The minimum Gasteiger partial charge on any atom is -0.352 e. The van der Waals surface area contributed by atoms with Gasteiger partial charge in [0.1, 0.15) is 5.69 Å². The second-order valence-corrected chi connectivity index (χ2v) is 6.65. The third kappa shape index (κ3) is 2.75. The van der Waals surface area contributed by atoms with Crippen LogP contribution in [0.1, 0.15) is 16.7 Å². The molecular formula is C19H16BrNO2. The van der Waals surface area contributed by atoms with Crippen LogP contribution in [0.4, 0.5) is 11.4 Å². The molecule has 0 bridgehead atoms. The van der Waals surface area contributed by atoms with Crippen LogP contribution in [0.25, 0.3) is 11.1 Å². The average molecular weight is 370 g/mol. The van der Waals surface area contributed by atoms with Crippen LogP contribution in [0.5, 0.6) is 0 Å². The quantitative estimate of drug-likeness (QED) is 0.696. The molecule has 3 aromatic carbocycles. The number of benzene rings is 2. The lowest BCUT2D eigenvalue weighted by Gasteiger charge is -2.15. The molecule has 0 radical (unpaired) electrons. The van der Waals surface area contributed by atoms with Gasteiger partial charge < -0.3 is 5.32 Å². The molecule has 0 aromatic heterocycles. The minimum absolute atomic E-state index is 0.375. The summed E-state index contributed by atoms with van der Waals surface area (Å²) in [7, 11) is 0. The van der Waals surface area contributed by atoms with Crippen LogP contribution in [-0.4, -0.2) is 0 Å². The highest BCUT2D eigenvalue weighted by atomic mass is 79.9. The molecule has 23 heavy (non-hydrogen) atoms. The highest BCUT2D eigenvalue weighted by Crippen LogP contribution is 2.29. The van der Waals surface area contributed by atoms with Gasteiger partial charge in [0.05, 0.1) is 5.56 Å². The fraction of sp³-hybridized carbons (Fsp3) is 0.158. The monoisotopic (exact) mass is 369 g/mol. The zero-order chi connectivity index (χ0) is 16.7. The molecule has 0 spiro atoms. The van der Waals surface area contributed by atoms with Gasteiger partial charge in [0.25, 0.3) is 5.43 Å². The molecule has 0 aliphatic heterocycles. The van der Waals surface area contributed by atoms with Crippen molar-refractivity contribution in [2.24, 2.45) is 0 Å². The number of nitrogens with one attached hydrogen (secondary N) is 1. The highest BCUT2D eigenvalue weighted by Gasteiger charge is 2.22. The topological polar surface area (TPSA) is 46.2 Å². The second kappa shape index (κ2) is 5.78. The standard InChI is InChI=1S/C19H16BrNO2/c1-10-4-5-13(8-11(10)2)16-17(19(23)18(16)22)21-14-6-7-15(20)12(3)9-14/h4-9,21H,1-3H3. The van der Waals surface area contributed by atoms with E-state index in [1.165, 1.54) is 0 Å². The smallest absolute Gasteiger partial charge is 0.250 e. The summed E-state index contributed by atoms with van der Waals surface area (Å²) >= 11 is 3.45. The van der Waals surface area contributed by atoms with Crippen molar-refractivity contribution in [3.8, 4) is 11.1 Å². The van der Waals surface area contributed by atoms with Crippen LogP contribution < -0.4 is 16.2 Å². The Kier molecular flexibility index (Phi) is 3.94.